The van der Waals surface area contributed by atoms with Gasteiger partial charge in [0.25, 0.3) is 5.91 Å². The summed E-state index contributed by atoms with van der Waals surface area (Å²) in [5.74, 6) is -0.448. The predicted octanol–water partition coefficient (Wildman–Crippen LogP) is 3.78. The molecule has 2 aromatic rings. The van der Waals surface area contributed by atoms with Crippen LogP contribution in [-0.4, -0.2) is 23.1 Å². The van der Waals surface area contributed by atoms with Gasteiger partial charge in [0.05, 0.1) is 22.7 Å². The van der Waals surface area contributed by atoms with Crippen LogP contribution in [0.25, 0.3) is 5.70 Å². The summed E-state index contributed by atoms with van der Waals surface area (Å²) in [4.78, 5) is 19.7. The van der Waals surface area contributed by atoms with Gasteiger partial charge in [-0.1, -0.05) is 24.3 Å². The number of rotatable bonds is 4. The zero-order chi connectivity index (χ0) is 18.0. The van der Waals surface area contributed by atoms with Crippen LogP contribution in [0.1, 0.15) is 39.8 Å². The number of halogens is 1. The van der Waals surface area contributed by atoms with Gasteiger partial charge in [0.2, 0.25) is 0 Å². The van der Waals surface area contributed by atoms with Crippen LogP contribution in [0.2, 0.25) is 0 Å². The van der Waals surface area contributed by atoms with E-state index in [1.54, 1.807) is 18.2 Å². The second kappa shape index (κ2) is 6.89. The fourth-order valence-corrected chi connectivity index (χ4v) is 2.84. The summed E-state index contributed by atoms with van der Waals surface area (Å²) in [6.45, 7) is 8.30. The van der Waals surface area contributed by atoms with Gasteiger partial charge in [-0.3, -0.25) is 4.79 Å². The van der Waals surface area contributed by atoms with Crippen molar-refractivity contribution >= 4 is 17.3 Å². The van der Waals surface area contributed by atoms with Crippen molar-refractivity contribution in [3.63, 3.8) is 0 Å². The van der Waals surface area contributed by atoms with Gasteiger partial charge in [-0.15, -0.1) is 0 Å². The lowest BCUT2D eigenvalue weighted by Crippen LogP contribution is -2.31. The van der Waals surface area contributed by atoms with Gasteiger partial charge in [0.15, 0.2) is 0 Å². The molecule has 0 unspecified atom stereocenters. The molecule has 2 heterocycles. The number of H-pyrrole nitrogens is 1. The van der Waals surface area contributed by atoms with Gasteiger partial charge in [-0.2, -0.15) is 0 Å². The summed E-state index contributed by atoms with van der Waals surface area (Å²) in [5.41, 5.74) is 4.49. The number of aryl methyl sites for hydroxylation is 1. The SMILES string of the molecule is C=C(N=C(/C=C\C)c1cc2c([nH]1)CCNC2=O)c1cc(C)ccc1F. The average Bonchev–Trinajstić information content (AvgIpc) is 3.02. The molecular formula is C20H20FN3O. The molecule has 128 valence electrons. The van der Waals surface area contributed by atoms with E-state index in [0.717, 1.165) is 23.4 Å². The molecule has 0 aliphatic carbocycles. The minimum Gasteiger partial charge on any atom is -0.356 e. The molecule has 0 spiro atoms. The van der Waals surface area contributed by atoms with Crippen LogP contribution in [0.3, 0.4) is 0 Å². The van der Waals surface area contributed by atoms with E-state index in [1.807, 2.05) is 26.0 Å². The van der Waals surface area contributed by atoms with Crippen molar-refractivity contribution in [2.24, 2.45) is 4.99 Å². The Bertz CT molecular complexity index is 906. The number of nitrogens with zero attached hydrogens (tertiary/aromatic N) is 1. The predicted molar refractivity (Wildman–Crippen MR) is 98.4 cm³/mol. The van der Waals surface area contributed by atoms with Crippen molar-refractivity contribution in [3.8, 4) is 0 Å². The van der Waals surface area contributed by atoms with Crippen LogP contribution < -0.4 is 5.32 Å². The lowest BCUT2D eigenvalue weighted by atomic mass is 10.1. The molecule has 0 saturated heterocycles. The summed E-state index contributed by atoms with van der Waals surface area (Å²) in [6, 6.07) is 6.63. The van der Waals surface area contributed by atoms with Crippen molar-refractivity contribution < 1.29 is 9.18 Å². The van der Waals surface area contributed by atoms with Crippen molar-refractivity contribution in [1.82, 2.24) is 10.3 Å². The number of aromatic amines is 1. The molecule has 0 fully saturated rings. The Hall–Kier alpha value is -2.95. The van der Waals surface area contributed by atoms with Gasteiger partial charge in [0, 0.05) is 24.2 Å². The van der Waals surface area contributed by atoms with Crippen molar-refractivity contribution in [2.75, 3.05) is 6.54 Å². The van der Waals surface area contributed by atoms with E-state index in [0.29, 0.717) is 29.1 Å². The van der Waals surface area contributed by atoms with Crippen LogP contribution in [0.5, 0.6) is 0 Å². The molecule has 1 amide bonds. The summed E-state index contributed by atoms with van der Waals surface area (Å²) < 4.78 is 14.1. The summed E-state index contributed by atoms with van der Waals surface area (Å²) in [5, 5.41) is 2.82. The molecule has 0 radical (unpaired) electrons. The van der Waals surface area contributed by atoms with Crippen LogP contribution in [0.4, 0.5) is 4.39 Å². The third-order valence-corrected chi connectivity index (χ3v) is 4.09. The second-order valence-corrected chi connectivity index (χ2v) is 6.01. The number of nitrogens with one attached hydrogen (secondary N) is 2. The number of carbonyl (C=O) groups excluding carboxylic acids is 1. The highest BCUT2D eigenvalue weighted by atomic mass is 19.1. The van der Waals surface area contributed by atoms with Crippen LogP contribution in [-0.2, 0) is 6.42 Å². The zero-order valence-corrected chi connectivity index (χ0v) is 14.3. The molecule has 0 saturated carbocycles. The van der Waals surface area contributed by atoms with Gasteiger partial charge < -0.3 is 10.3 Å². The number of amides is 1. The lowest BCUT2D eigenvalue weighted by molar-refractivity contribution is 0.0946. The summed E-state index contributed by atoms with van der Waals surface area (Å²) in [6.07, 6.45) is 4.41. The minimum absolute atomic E-state index is 0.0906. The molecular weight excluding hydrogens is 317 g/mol. The quantitative estimate of drug-likeness (QED) is 0.820. The Morgan fingerprint density at radius 2 is 2.16 bits per heavy atom. The third-order valence-electron chi connectivity index (χ3n) is 4.09. The number of carbonyl (C=O) groups is 1. The standard InChI is InChI=1S/C20H20FN3O/c1-4-5-18(19-11-15-17(24-19)8-9-22-20(15)25)23-13(3)14-10-12(2)6-7-16(14)21/h4-7,10-11,24H,3,8-9H2,1-2H3,(H,22,25)/b5-4-,23-18?. The fraction of sp³-hybridized carbons (Fsp3) is 0.200. The first kappa shape index (κ1) is 16.9. The van der Waals surface area contributed by atoms with E-state index in [4.69, 9.17) is 0 Å². The number of hydrogen-bond acceptors (Lipinski definition) is 2. The normalized spacial score (nSPS) is 14.5. The monoisotopic (exact) mass is 337 g/mol. The first-order valence-corrected chi connectivity index (χ1v) is 8.17. The molecule has 1 aromatic heterocycles. The largest absolute Gasteiger partial charge is 0.356 e. The van der Waals surface area contributed by atoms with Gasteiger partial charge in [0.1, 0.15) is 5.82 Å². The third kappa shape index (κ3) is 3.45. The molecule has 25 heavy (non-hydrogen) atoms. The number of aromatic nitrogens is 1. The van der Waals surface area contributed by atoms with E-state index < -0.39 is 0 Å². The highest BCUT2D eigenvalue weighted by Gasteiger charge is 2.20. The summed E-state index contributed by atoms with van der Waals surface area (Å²) in [7, 11) is 0. The molecule has 0 bridgehead atoms. The van der Waals surface area contributed by atoms with Crippen molar-refractivity contribution in [1.29, 1.82) is 0 Å². The highest BCUT2D eigenvalue weighted by molar-refractivity contribution is 6.11. The van der Waals surface area contributed by atoms with Crippen LogP contribution in [0, 0.1) is 12.7 Å². The lowest BCUT2D eigenvalue weighted by Gasteiger charge is -2.10. The number of aliphatic imine (C=N–C) groups is 1. The van der Waals surface area contributed by atoms with E-state index in [-0.39, 0.29) is 11.7 Å². The maximum atomic E-state index is 14.1. The van der Waals surface area contributed by atoms with Crippen LogP contribution >= 0.6 is 0 Å². The number of fused-ring (bicyclic) bond motifs is 1. The first-order valence-electron chi connectivity index (χ1n) is 8.17. The van der Waals surface area contributed by atoms with Gasteiger partial charge in [-0.05, 0) is 38.1 Å². The van der Waals surface area contributed by atoms with Crippen molar-refractivity contribution in [2.45, 2.75) is 20.3 Å². The number of hydrogen-bond donors (Lipinski definition) is 2. The maximum absolute atomic E-state index is 14.1. The average molecular weight is 337 g/mol. The molecule has 1 aromatic carbocycles. The Kier molecular flexibility index (Phi) is 4.65. The topological polar surface area (TPSA) is 57.2 Å². The van der Waals surface area contributed by atoms with E-state index in [9.17, 15) is 9.18 Å². The molecule has 4 nitrogen and oxygen atoms in total. The van der Waals surface area contributed by atoms with Gasteiger partial charge in [-0.25, -0.2) is 9.38 Å². The van der Waals surface area contributed by atoms with Gasteiger partial charge >= 0.3 is 0 Å². The number of benzene rings is 1. The first-order chi connectivity index (χ1) is 12.0. The molecule has 3 rings (SSSR count). The van der Waals surface area contributed by atoms with Crippen molar-refractivity contribution in [3.05, 3.63) is 76.9 Å². The number of allylic oxidation sites excluding steroid dienone is 2. The molecule has 5 heteroatoms. The Labute approximate surface area is 146 Å². The second-order valence-electron chi connectivity index (χ2n) is 6.01. The fourth-order valence-electron chi connectivity index (χ4n) is 2.84. The molecule has 1 aliphatic heterocycles. The smallest absolute Gasteiger partial charge is 0.253 e. The highest BCUT2D eigenvalue weighted by Crippen LogP contribution is 2.22. The Balaban J connectivity index is 2.01. The van der Waals surface area contributed by atoms with E-state index in [2.05, 4.69) is 21.9 Å². The minimum atomic E-state index is -0.357. The molecule has 2 N–H and O–H groups in total. The molecule has 0 atom stereocenters. The Morgan fingerprint density at radius 1 is 1.36 bits per heavy atom. The maximum Gasteiger partial charge on any atom is 0.253 e. The van der Waals surface area contributed by atoms with E-state index in [1.165, 1.54) is 6.07 Å². The Morgan fingerprint density at radius 3 is 2.88 bits per heavy atom. The molecule has 1 aliphatic rings. The zero-order valence-electron chi connectivity index (χ0n) is 14.3. The van der Waals surface area contributed by atoms with E-state index >= 15 is 0 Å². The summed E-state index contributed by atoms with van der Waals surface area (Å²) >= 11 is 0. The van der Waals surface area contributed by atoms with Crippen LogP contribution in [0.15, 0.2) is 48.0 Å².